The maximum Gasteiger partial charge on any atom is 0.223 e. The molecule has 2 N–H and O–H groups in total. The maximum atomic E-state index is 12.2. The average Bonchev–Trinajstić information content (AvgIpc) is 2.46. The van der Waals surface area contributed by atoms with Crippen molar-refractivity contribution in [2.45, 2.75) is 31.1 Å². The van der Waals surface area contributed by atoms with Crippen LogP contribution >= 0.6 is 0 Å². The molecule has 0 fully saturated rings. The number of nitrogens with two attached hydrogens (primary N) is 1. The summed E-state index contributed by atoms with van der Waals surface area (Å²) in [5, 5.41) is 0. The van der Waals surface area contributed by atoms with Crippen LogP contribution in [0.25, 0.3) is 0 Å². The lowest BCUT2D eigenvalue weighted by Crippen LogP contribution is -2.33. The summed E-state index contributed by atoms with van der Waals surface area (Å²) in [7, 11) is -3.34. The van der Waals surface area contributed by atoms with E-state index in [1.54, 1.807) is 23.1 Å². The number of sulfone groups is 1. The van der Waals surface area contributed by atoms with Crippen molar-refractivity contribution in [2.75, 3.05) is 23.8 Å². The predicted octanol–water partition coefficient (Wildman–Crippen LogP) is 1.04. The highest BCUT2D eigenvalue weighted by molar-refractivity contribution is 7.91. The summed E-state index contributed by atoms with van der Waals surface area (Å²) >= 11 is 0. The van der Waals surface area contributed by atoms with E-state index in [0.717, 1.165) is 24.1 Å². The van der Waals surface area contributed by atoms with Crippen molar-refractivity contribution < 1.29 is 18.0 Å². The van der Waals surface area contributed by atoms with Gasteiger partial charge in [0, 0.05) is 19.2 Å². The van der Waals surface area contributed by atoms with Crippen LogP contribution in [0.4, 0.5) is 5.69 Å². The Balaban J connectivity index is 2.27. The number of aryl methyl sites for hydroxylation is 1. The van der Waals surface area contributed by atoms with Crippen molar-refractivity contribution >= 4 is 21.4 Å². The van der Waals surface area contributed by atoms with Crippen LogP contribution in [0.2, 0.25) is 0 Å². The summed E-state index contributed by atoms with van der Waals surface area (Å²) in [5.41, 5.74) is 1.73. The van der Waals surface area contributed by atoms with E-state index in [9.17, 15) is 13.2 Å². The monoisotopic (exact) mass is 312 g/mol. The molecule has 7 heteroatoms. The summed E-state index contributed by atoms with van der Waals surface area (Å²) < 4.78 is 24.5. The Morgan fingerprint density at radius 1 is 1.43 bits per heavy atom. The Labute approximate surface area is 124 Å². The zero-order valence-electron chi connectivity index (χ0n) is 12.0. The number of fused-ring (bicyclic) bond motifs is 1. The highest BCUT2D eigenvalue weighted by atomic mass is 32.2. The SMILES string of the molecule is CC(=O)N1CCCc2cc(S(=O)(=O)CCCON)ccc21. The van der Waals surface area contributed by atoms with Crippen LogP contribution in [0.1, 0.15) is 25.3 Å². The molecular weight excluding hydrogens is 292 g/mol. The van der Waals surface area contributed by atoms with Crippen LogP contribution < -0.4 is 10.8 Å². The molecular formula is C14H20N2O4S. The molecule has 0 saturated carbocycles. The summed E-state index contributed by atoms with van der Waals surface area (Å²) in [6, 6.07) is 4.98. The number of hydrogen-bond donors (Lipinski definition) is 1. The fraction of sp³-hybridized carbons (Fsp3) is 0.500. The van der Waals surface area contributed by atoms with Crippen LogP contribution in [0, 0.1) is 0 Å². The Morgan fingerprint density at radius 2 is 2.19 bits per heavy atom. The maximum absolute atomic E-state index is 12.2. The minimum atomic E-state index is -3.34. The molecule has 1 aliphatic heterocycles. The number of hydrogen-bond acceptors (Lipinski definition) is 5. The molecule has 1 amide bonds. The third-order valence-corrected chi connectivity index (χ3v) is 5.38. The fourth-order valence-electron chi connectivity index (χ4n) is 2.54. The quantitative estimate of drug-likeness (QED) is 0.648. The minimum Gasteiger partial charge on any atom is -0.312 e. The van der Waals surface area contributed by atoms with Crippen molar-refractivity contribution in [3.63, 3.8) is 0 Å². The summed E-state index contributed by atoms with van der Waals surface area (Å²) in [6.45, 7) is 2.41. The number of carbonyl (C=O) groups excluding carboxylic acids is 1. The summed E-state index contributed by atoms with van der Waals surface area (Å²) in [4.78, 5) is 18.0. The Bertz CT molecular complexity index is 628. The van der Waals surface area contributed by atoms with E-state index in [1.165, 1.54) is 6.92 Å². The topological polar surface area (TPSA) is 89.7 Å². The molecule has 0 aromatic heterocycles. The van der Waals surface area contributed by atoms with Gasteiger partial charge in [0.05, 0.1) is 17.3 Å². The van der Waals surface area contributed by atoms with Crippen molar-refractivity contribution in [2.24, 2.45) is 5.90 Å². The molecule has 1 aromatic carbocycles. The molecule has 21 heavy (non-hydrogen) atoms. The van der Waals surface area contributed by atoms with Gasteiger partial charge in [-0.05, 0) is 43.0 Å². The zero-order chi connectivity index (χ0) is 15.5. The number of benzene rings is 1. The first-order valence-corrected chi connectivity index (χ1v) is 8.56. The van der Waals surface area contributed by atoms with Gasteiger partial charge in [-0.15, -0.1) is 0 Å². The van der Waals surface area contributed by atoms with E-state index in [-0.39, 0.29) is 18.3 Å². The van der Waals surface area contributed by atoms with Gasteiger partial charge in [-0.1, -0.05) is 0 Å². The van der Waals surface area contributed by atoms with Crippen molar-refractivity contribution in [3.05, 3.63) is 23.8 Å². The Kier molecular flexibility index (Phi) is 4.97. The molecule has 0 unspecified atom stereocenters. The van der Waals surface area contributed by atoms with Crippen LogP contribution in [-0.2, 0) is 25.9 Å². The van der Waals surface area contributed by atoms with E-state index >= 15 is 0 Å². The van der Waals surface area contributed by atoms with Crippen LogP contribution in [-0.4, -0.2) is 33.2 Å². The molecule has 1 aromatic rings. The minimum absolute atomic E-state index is 0.000586. The molecule has 2 rings (SSSR count). The Hall–Kier alpha value is -1.44. The largest absolute Gasteiger partial charge is 0.312 e. The second kappa shape index (κ2) is 6.55. The normalized spacial score (nSPS) is 14.9. The number of rotatable bonds is 5. The molecule has 116 valence electrons. The number of nitrogens with zero attached hydrogens (tertiary/aromatic N) is 1. The molecule has 1 aliphatic rings. The van der Waals surface area contributed by atoms with Gasteiger partial charge in [-0.3, -0.25) is 4.79 Å². The first-order chi connectivity index (χ1) is 9.95. The lowest BCUT2D eigenvalue weighted by atomic mass is 10.0. The standard InChI is InChI=1S/C14H20N2O4S/c1-11(17)16-7-2-4-12-10-13(5-6-14(12)16)21(18,19)9-3-8-20-15/h5-6,10H,2-4,7-9,15H2,1H3. The molecule has 0 radical (unpaired) electrons. The summed E-state index contributed by atoms with van der Waals surface area (Å²) in [5.74, 6) is 4.88. The third-order valence-electron chi connectivity index (χ3n) is 3.58. The molecule has 0 bridgehead atoms. The summed E-state index contributed by atoms with van der Waals surface area (Å²) in [6.07, 6.45) is 1.99. The molecule has 0 saturated heterocycles. The van der Waals surface area contributed by atoms with Crippen LogP contribution in [0.15, 0.2) is 23.1 Å². The lowest BCUT2D eigenvalue weighted by Gasteiger charge is -2.28. The van der Waals surface area contributed by atoms with E-state index in [2.05, 4.69) is 4.84 Å². The van der Waals surface area contributed by atoms with E-state index in [4.69, 9.17) is 5.90 Å². The highest BCUT2D eigenvalue weighted by Gasteiger charge is 2.22. The molecule has 1 heterocycles. The number of amides is 1. The van der Waals surface area contributed by atoms with Crippen LogP contribution in [0.3, 0.4) is 0 Å². The molecule has 0 spiro atoms. The number of anilines is 1. The van der Waals surface area contributed by atoms with Gasteiger partial charge in [0.25, 0.3) is 0 Å². The van der Waals surface area contributed by atoms with Gasteiger partial charge < -0.3 is 9.74 Å². The second-order valence-electron chi connectivity index (χ2n) is 5.11. The zero-order valence-corrected chi connectivity index (χ0v) is 12.9. The first kappa shape index (κ1) is 15.9. The van der Waals surface area contributed by atoms with Crippen molar-refractivity contribution in [1.29, 1.82) is 0 Å². The highest BCUT2D eigenvalue weighted by Crippen LogP contribution is 2.29. The van der Waals surface area contributed by atoms with Gasteiger partial charge in [0.15, 0.2) is 9.84 Å². The van der Waals surface area contributed by atoms with E-state index in [1.807, 2.05) is 0 Å². The third kappa shape index (κ3) is 3.61. The average molecular weight is 312 g/mol. The van der Waals surface area contributed by atoms with Crippen molar-refractivity contribution in [1.82, 2.24) is 0 Å². The molecule has 6 nitrogen and oxygen atoms in total. The van der Waals surface area contributed by atoms with Crippen molar-refractivity contribution in [3.8, 4) is 0 Å². The Morgan fingerprint density at radius 3 is 2.86 bits per heavy atom. The van der Waals surface area contributed by atoms with E-state index < -0.39 is 9.84 Å². The van der Waals surface area contributed by atoms with Crippen LogP contribution in [0.5, 0.6) is 0 Å². The van der Waals surface area contributed by atoms with Gasteiger partial charge >= 0.3 is 0 Å². The molecule has 0 atom stereocenters. The first-order valence-electron chi connectivity index (χ1n) is 6.91. The predicted molar refractivity (Wildman–Crippen MR) is 79.6 cm³/mol. The molecule has 0 aliphatic carbocycles. The van der Waals surface area contributed by atoms with Gasteiger partial charge in [-0.2, -0.15) is 0 Å². The van der Waals surface area contributed by atoms with Gasteiger partial charge in [0.1, 0.15) is 0 Å². The smallest absolute Gasteiger partial charge is 0.223 e. The second-order valence-corrected chi connectivity index (χ2v) is 7.22. The van der Waals surface area contributed by atoms with Gasteiger partial charge in [0.2, 0.25) is 5.91 Å². The lowest BCUT2D eigenvalue weighted by molar-refractivity contribution is -0.116. The van der Waals surface area contributed by atoms with E-state index in [0.29, 0.717) is 17.9 Å². The fourth-order valence-corrected chi connectivity index (χ4v) is 3.87. The van der Waals surface area contributed by atoms with Gasteiger partial charge in [-0.25, -0.2) is 14.3 Å². The number of carbonyl (C=O) groups is 1.